The highest BCUT2D eigenvalue weighted by molar-refractivity contribution is 7.89. The smallest absolute Gasteiger partial charge is 0.337 e. The van der Waals surface area contributed by atoms with Gasteiger partial charge in [0.2, 0.25) is 10.0 Å². The quantitative estimate of drug-likeness (QED) is 0.150. The Kier molecular flexibility index (Phi) is 10.6. The second kappa shape index (κ2) is 14.2. The lowest BCUT2D eigenvalue weighted by Crippen LogP contribution is -2.52. The van der Waals surface area contributed by atoms with E-state index in [1.54, 1.807) is 6.07 Å². The van der Waals surface area contributed by atoms with E-state index in [-0.39, 0.29) is 40.1 Å². The molecule has 2 saturated carbocycles. The Morgan fingerprint density at radius 3 is 2.54 bits per heavy atom. The Bertz CT molecular complexity index is 1730. The number of aryl methyl sites for hydroxylation is 1. The van der Waals surface area contributed by atoms with Crippen molar-refractivity contribution in [1.29, 1.82) is 0 Å². The maximum atomic E-state index is 12.7. The zero-order chi connectivity index (χ0) is 36.1. The first-order chi connectivity index (χ1) is 23.5. The third-order valence-electron chi connectivity index (χ3n) is 12.5. The van der Waals surface area contributed by atoms with Gasteiger partial charge in [0.25, 0.3) is 0 Å². The minimum absolute atomic E-state index is 0.0307. The predicted octanol–water partition coefficient (Wildman–Crippen LogP) is 7.89. The number of hydrogen-bond donors (Lipinski definition) is 1. The number of hydrogen-bond acceptors (Lipinski definition) is 7. The molecule has 0 bridgehead atoms. The summed E-state index contributed by atoms with van der Waals surface area (Å²) in [6.07, 6.45) is 11.5. The number of esters is 1. The van der Waals surface area contributed by atoms with Gasteiger partial charge in [0.1, 0.15) is 5.75 Å². The van der Waals surface area contributed by atoms with Gasteiger partial charge in [0, 0.05) is 23.5 Å². The van der Waals surface area contributed by atoms with Crippen LogP contribution in [0.2, 0.25) is 23.2 Å². The van der Waals surface area contributed by atoms with Gasteiger partial charge in [-0.2, -0.15) is 0 Å². The van der Waals surface area contributed by atoms with Gasteiger partial charge in [-0.15, -0.1) is 0 Å². The molecule has 1 aliphatic heterocycles. The van der Waals surface area contributed by atoms with Crippen molar-refractivity contribution in [2.75, 3.05) is 37.5 Å². The van der Waals surface area contributed by atoms with E-state index in [0.29, 0.717) is 24.0 Å². The lowest BCUT2D eigenvalue weighted by molar-refractivity contribution is 0.0519. The fourth-order valence-electron chi connectivity index (χ4n) is 8.29. The monoisotopic (exact) mass is 742 g/mol. The topological polar surface area (TPSA) is 108 Å². The number of nitrogens with zero attached hydrogens (tertiary/aromatic N) is 1. The van der Waals surface area contributed by atoms with Crippen LogP contribution in [0.15, 0.2) is 48.6 Å². The van der Waals surface area contributed by atoms with Crippen molar-refractivity contribution in [3.05, 3.63) is 70.3 Å². The van der Waals surface area contributed by atoms with E-state index < -0.39 is 18.3 Å². The van der Waals surface area contributed by atoms with Crippen molar-refractivity contribution in [2.45, 2.75) is 95.4 Å². The number of ether oxygens (including phenoxy) is 2. The summed E-state index contributed by atoms with van der Waals surface area (Å²) in [5.41, 5.74) is 3.81. The Labute approximate surface area is 305 Å². The molecule has 8 nitrogen and oxygen atoms in total. The summed E-state index contributed by atoms with van der Waals surface area (Å²) in [6.45, 7) is 13.6. The Morgan fingerprint density at radius 2 is 1.90 bits per heavy atom. The van der Waals surface area contributed by atoms with E-state index in [1.165, 1.54) is 18.2 Å². The highest BCUT2D eigenvalue weighted by atomic mass is 35.5. The number of benzene rings is 2. The summed E-state index contributed by atoms with van der Waals surface area (Å²) < 4.78 is 42.7. The molecular weight excluding hydrogens is 688 g/mol. The van der Waals surface area contributed by atoms with E-state index >= 15 is 0 Å². The summed E-state index contributed by atoms with van der Waals surface area (Å²) >= 11 is 6.48. The first-order valence-corrected chi connectivity index (χ1v) is 23.2. The van der Waals surface area contributed by atoms with Crippen LogP contribution in [0.4, 0.5) is 5.69 Å². The standard InChI is InChI=1S/C39H55ClN2O6SSi/c1-38(2,3)50(5,6)48-35(17-12-26-9-10-30(26)23-49(41,44)45)32-15-11-29(32)22-42-24-39(19-7-8-27-20-31(40)14-16-33(27)39)25-47-36-18-13-28(21-34(36)42)37(43)46-4/h12-14,16-18,20-21,26,29-30,32,35H,7-11,15,19,22-25H2,1-6H3,(H2,41,44,45)/b17-12+/t26-,29-,30-,32+,35?,39-/m0/s1. The molecule has 1 heterocycles. The van der Waals surface area contributed by atoms with Gasteiger partial charge < -0.3 is 18.8 Å². The normalized spacial score (nSPS) is 27.4. The van der Waals surface area contributed by atoms with Gasteiger partial charge in [-0.3, -0.25) is 0 Å². The van der Waals surface area contributed by atoms with Gasteiger partial charge in [-0.05, 0) is 128 Å². The van der Waals surface area contributed by atoms with E-state index in [0.717, 1.165) is 74.5 Å². The van der Waals surface area contributed by atoms with Gasteiger partial charge in [-0.25, -0.2) is 18.4 Å². The third kappa shape index (κ3) is 7.84. The molecule has 6 rings (SSSR count). The van der Waals surface area contributed by atoms with E-state index in [2.05, 4.69) is 63.0 Å². The zero-order valence-electron chi connectivity index (χ0n) is 30.5. The summed E-state index contributed by atoms with van der Waals surface area (Å²) in [5.74, 6) is 1.37. The van der Waals surface area contributed by atoms with Crippen LogP contribution in [-0.2, 0) is 31.0 Å². The average Bonchev–Trinajstić information content (AvgIpc) is 3.16. The van der Waals surface area contributed by atoms with Crippen LogP contribution in [0, 0.1) is 23.7 Å². The Morgan fingerprint density at radius 1 is 1.14 bits per heavy atom. The molecule has 0 saturated heterocycles. The molecule has 1 unspecified atom stereocenters. The molecule has 0 aromatic heterocycles. The largest absolute Gasteiger partial charge is 0.490 e. The number of nitrogens with two attached hydrogens (primary N) is 1. The molecule has 2 aromatic carbocycles. The number of sulfonamides is 1. The first kappa shape index (κ1) is 37.4. The van der Waals surface area contributed by atoms with Crippen molar-refractivity contribution in [3.8, 4) is 5.75 Å². The number of halogens is 1. The minimum atomic E-state index is -3.52. The second-order valence-electron chi connectivity index (χ2n) is 16.8. The molecule has 2 N–H and O–H groups in total. The average molecular weight is 743 g/mol. The van der Waals surface area contributed by atoms with Crippen LogP contribution in [-0.4, -0.2) is 61.4 Å². The summed E-state index contributed by atoms with van der Waals surface area (Å²) in [7, 11) is -4.25. The molecule has 0 radical (unpaired) electrons. The minimum Gasteiger partial charge on any atom is -0.490 e. The third-order valence-corrected chi connectivity index (χ3v) is 18.1. The maximum Gasteiger partial charge on any atom is 0.337 e. The predicted molar refractivity (Wildman–Crippen MR) is 203 cm³/mol. The second-order valence-corrected chi connectivity index (χ2v) is 23.7. The molecule has 50 heavy (non-hydrogen) atoms. The molecule has 11 heteroatoms. The number of allylic oxidation sites excluding steroid dienone is 1. The number of carbonyl (C=O) groups excluding carboxylic acids is 1. The molecule has 2 aromatic rings. The summed E-state index contributed by atoms with van der Waals surface area (Å²) in [4.78, 5) is 15.2. The number of carbonyl (C=O) groups is 1. The molecule has 274 valence electrons. The van der Waals surface area contributed by atoms with Crippen molar-refractivity contribution < 1.29 is 27.1 Å². The molecule has 1 spiro atoms. The molecule has 6 atom stereocenters. The zero-order valence-corrected chi connectivity index (χ0v) is 33.1. The fraction of sp³-hybridized carbons (Fsp3) is 0.615. The number of rotatable bonds is 10. The van der Waals surface area contributed by atoms with Gasteiger partial charge in [0.05, 0.1) is 36.8 Å². The number of primary sulfonamides is 1. The fourth-order valence-corrected chi connectivity index (χ4v) is 10.8. The maximum absolute atomic E-state index is 12.7. The van der Waals surface area contributed by atoms with E-state index in [9.17, 15) is 13.2 Å². The molecule has 4 aliphatic rings. The number of fused-ring (bicyclic) bond motifs is 3. The van der Waals surface area contributed by atoms with Crippen molar-refractivity contribution in [2.24, 2.45) is 28.8 Å². The van der Waals surface area contributed by atoms with Crippen molar-refractivity contribution in [1.82, 2.24) is 0 Å². The SMILES string of the molecule is COC(=O)c1ccc2c(c1)N(C[C@@H]1CC[C@H]1C(/C=C/[C@@H]1CC[C@H]1CS(N)(=O)=O)O[Si](C)(C)C(C)(C)C)C[C@@]1(CCCc3cc(Cl)ccc31)CO2. The molecule has 3 aliphatic carbocycles. The lowest BCUT2D eigenvalue weighted by Gasteiger charge is -2.48. The summed E-state index contributed by atoms with van der Waals surface area (Å²) in [5, 5.41) is 6.23. The molecule has 2 fully saturated rings. The summed E-state index contributed by atoms with van der Waals surface area (Å²) in [6, 6.07) is 11.9. The molecule has 0 amide bonds. The Balaban J connectivity index is 1.32. The number of methoxy groups -OCH3 is 1. The van der Waals surface area contributed by atoms with Crippen LogP contribution in [0.5, 0.6) is 5.75 Å². The van der Waals surface area contributed by atoms with Crippen molar-refractivity contribution >= 4 is 41.6 Å². The number of anilines is 1. The van der Waals surface area contributed by atoms with Crippen LogP contribution in [0.1, 0.15) is 80.8 Å². The van der Waals surface area contributed by atoms with E-state index in [1.807, 2.05) is 18.2 Å². The molecular formula is C39H55ClN2O6SSi. The van der Waals surface area contributed by atoms with Crippen LogP contribution in [0.25, 0.3) is 0 Å². The van der Waals surface area contributed by atoms with Gasteiger partial charge >= 0.3 is 5.97 Å². The first-order valence-electron chi connectivity index (χ1n) is 18.2. The highest BCUT2D eigenvalue weighted by Crippen LogP contribution is 2.48. The van der Waals surface area contributed by atoms with Gasteiger partial charge in [0.15, 0.2) is 8.32 Å². The van der Waals surface area contributed by atoms with Crippen LogP contribution >= 0.6 is 11.6 Å². The van der Waals surface area contributed by atoms with Crippen LogP contribution < -0.4 is 14.8 Å². The van der Waals surface area contributed by atoms with Crippen LogP contribution in [0.3, 0.4) is 0 Å². The van der Waals surface area contributed by atoms with E-state index in [4.69, 9.17) is 30.6 Å². The van der Waals surface area contributed by atoms with Gasteiger partial charge in [-0.1, -0.05) is 50.6 Å². The highest BCUT2D eigenvalue weighted by Gasteiger charge is 2.47. The van der Waals surface area contributed by atoms with Crippen molar-refractivity contribution in [3.63, 3.8) is 0 Å². The lowest BCUT2D eigenvalue weighted by atomic mass is 9.68. The Hall–Kier alpha value is -2.37.